The highest BCUT2D eigenvalue weighted by Gasteiger charge is 2.14. The van der Waals surface area contributed by atoms with Crippen molar-refractivity contribution < 1.29 is 5.11 Å². The summed E-state index contributed by atoms with van der Waals surface area (Å²) in [4.78, 5) is 17.9. The van der Waals surface area contributed by atoms with Crippen LogP contribution >= 0.6 is 0 Å². The Hall–Kier alpha value is -2.48. The second-order valence-electron chi connectivity index (χ2n) is 5.09. The van der Waals surface area contributed by atoms with Crippen LogP contribution in [0.2, 0.25) is 0 Å². The summed E-state index contributed by atoms with van der Waals surface area (Å²) in [7, 11) is 1.79. The number of aliphatic hydroxyl groups excluding tert-OH is 1. The standard InChI is InChI=1S/C15H23N7O/c1-5-7-17-14-20-11-10(6-2)19-15(18-8-9(3)23)21-12(11)13(16-4)22-14/h5,9,23H,1,6-8H2,2-4H3,(H,18,19,21)(H2,16,17,20,22)/t9-/m1/s1. The van der Waals surface area contributed by atoms with Gasteiger partial charge in [-0.3, -0.25) is 0 Å². The maximum Gasteiger partial charge on any atom is 0.225 e. The van der Waals surface area contributed by atoms with Crippen molar-refractivity contribution in [2.24, 2.45) is 0 Å². The van der Waals surface area contributed by atoms with Crippen molar-refractivity contribution in [1.82, 2.24) is 19.9 Å². The first-order chi connectivity index (χ1) is 11.1. The first-order valence-corrected chi connectivity index (χ1v) is 7.62. The number of fused-ring (bicyclic) bond motifs is 1. The minimum atomic E-state index is -0.482. The number of anilines is 3. The highest BCUT2D eigenvalue weighted by Crippen LogP contribution is 2.24. The second-order valence-corrected chi connectivity index (χ2v) is 5.09. The maximum absolute atomic E-state index is 9.40. The largest absolute Gasteiger partial charge is 0.392 e. The lowest BCUT2D eigenvalue weighted by Gasteiger charge is -2.13. The fraction of sp³-hybridized carbons (Fsp3) is 0.467. The van der Waals surface area contributed by atoms with Gasteiger partial charge in [0, 0.05) is 20.1 Å². The fourth-order valence-corrected chi connectivity index (χ4v) is 2.06. The Morgan fingerprint density at radius 3 is 2.43 bits per heavy atom. The lowest BCUT2D eigenvalue weighted by atomic mass is 10.2. The number of rotatable bonds is 8. The SMILES string of the molecule is C=CCNc1nc(NC)c2nc(NC[C@@H](C)O)nc(CC)c2n1. The quantitative estimate of drug-likeness (QED) is 0.541. The summed E-state index contributed by atoms with van der Waals surface area (Å²) in [5, 5.41) is 18.6. The Morgan fingerprint density at radius 1 is 1.13 bits per heavy atom. The first-order valence-electron chi connectivity index (χ1n) is 7.62. The molecule has 23 heavy (non-hydrogen) atoms. The number of nitrogens with one attached hydrogen (secondary N) is 3. The molecule has 0 aliphatic heterocycles. The zero-order valence-corrected chi connectivity index (χ0v) is 13.7. The van der Waals surface area contributed by atoms with Crippen LogP contribution < -0.4 is 16.0 Å². The van der Waals surface area contributed by atoms with Gasteiger partial charge in [0.25, 0.3) is 0 Å². The predicted octanol–water partition coefficient (Wildman–Crippen LogP) is 1.41. The number of aryl methyl sites for hydroxylation is 1. The number of nitrogens with zero attached hydrogens (tertiary/aromatic N) is 4. The molecule has 124 valence electrons. The smallest absolute Gasteiger partial charge is 0.225 e. The van der Waals surface area contributed by atoms with Crippen LogP contribution in [0.25, 0.3) is 11.0 Å². The van der Waals surface area contributed by atoms with E-state index in [1.165, 1.54) is 0 Å². The van der Waals surface area contributed by atoms with Crippen LogP contribution in [0.1, 0.15) is 19.5 Å². The van der Waals surface area contributed by atoms with E-state index in [9.17, 15) is 5.11 Å². The van der Waals surface area contributed by atoms with Gasteiger partial charge in [0.05, 0.1) is 11.8 Å². The van der Waals surface area contributed by atoms with Crippen LogP contribution in [0, 0.1) is 0 Å². The number of aromatic nitrogens is 4. The molecule has 2 aromatic heterocycles. The van der Waals surface area contributed by atoms with Crippen LogP contribution in [0.15, 0.2) is 12.7 Å². The lowest BCUT2D eigenvalue weighted by molar-refractivity contribution is 0.208. The van der Waals surface area contributed by atoms with E-state index >= 15 is 0 Å². The summed E-state index contributed by atoms with van der Waals surface area (Å²) in [6.07, 6.45) is 1.97. The van der Waals surface area contributed by atoms with Gasteiger partial charge < -0.3 is 21.1 Å². The molecule has 8 nitrogen and oxygen atoms in total. The summed E-state index contributed by atoms with van der Waals surface area (Å²) in [5.41, 5.74) is 2.18. The maximum atomic E-state index is 9.40. The zero-order chi connectivity index (χ0) is 16.8. The summed E-state index contributed by atoms with van der Waals surface area (Å²) >= 11 is 0. The molecule has 4 N–H and O–H groups in total. The fourth-order valence-electron chi connectivity index (χ4n) is 2.06. The summed E-state index contributed by atoms with van der Waals surface area (Å²) in [6.45, 7) is 8.34. The lowest BCUT2D eigenvalue weighted by Crippen LogP contribution is -2.18. The molecular formula is C15H23N7O. The Balaban J connectivity index is 2.51. The van der Waals surface area contributed by atoms with Gasteiger partial charge >= 0.3 is 0 Å². The first kappa shape index (κ1) is 16.9. The third kappa shape index (κ3) is 4.04. The van der Waals surface area contributed by atoms with Gasteiger partial charge in [0.15, 0.2) is 5.82 Å². The molecule has 2 heterocycles. The molecular weight excluding hydrogens is 294 g/mol. The van der Waals surface area contributed by atoms with Crippen molar-refractivity contribution in [3.05, 3.63) is 18.3 Å². The van der Waals surface area contributed by atoms with Gasteiger partial charge in [0.2, 0.25) is 11.9 Å². The minimum Gasteiger partial charge on any atom is -0.392 e. The van der Waals surface area contributed by atoms with Gasteiger partial charge in [-0.25, -0.2) is 15.0 Å². The van der Waals surface area contributed by atoms with Gasteiger partial charge in [-0.1, -0.05) is 13.0 Å². The molecule has 2 aromatic rings. The molecule has 0 unspecified atom stereocenters. The van der Waals surface area contributed by atoms with Gasteiger partial charge in [-0.05, 0) is 13.3 Å². The predicted molar refractivity (Wildman–Crippen MR) is 92.9 cm³/mol. The average molecular weight is 317 g/mol. The van der Waals surface area contributed by atoms with Crippen molar-refractivity contribution in [2.45, 2.75) is 26.4 Å². The third-order valence-electron chi connectivity index (χ3n) is 3.15. The van der Waals surface area contributed by atoms with E-state index in [2.05, 4.69) is 42.5 Å². The Kier molecular flexibility index (Phi) is 5.64. The van der Waals surface area contributed by atoms with Crippen LogP contribution in [-0.4, -0.2) is 51.3 Å². The average Bonchev–Trinajstić information content (AvgIpc) is 2.56. The molecule has 0 saturated heterocycles. The van der Waals surface area contributed by atoms with Crippen LogP contribution in [0.4, 0.5) is 17.7 Å². The van der Waals surface area contributed by atoms with Crippen LogP contribution in [-0.2, 0) is 6.42 Å². The van der Waals surface area contributed by atoms with E-state index in [4.69, 9.17) is 0 Å². The molecule has 0 spiro atoms. The van der Waals surface area contributed by atoms with Crippen molar-refractivity contribution in [3.8, 4) is 0 Å². The van der Waals surface area contributed by atoms with Crippen molar-refractivity contribution in [3.63, 3.8) is 0 Å². The Labute approximate surface area is 135 Å². The van der Waals surface area contributed by atoms with E-state index in [0.29, 0.717) is 48.3 Å². The summed E-state index contributed by atoms with van der Waals surface area (Å²) in [5.74, 6) is 1.59. The van der Waals surface area contributed by atoms with Crippen molar-refractivity contribution >= 4 is 28.7 Å². The van der Waals surface area contributed by atoms with Crippen LogP contribution in [0.3, 0.4) is 0 Å². The van der Waals surface area contributed by atoms with E-state index in [1.54, 1.807) is 20.0 Å². The van der Waals surface area contributed by atoms with E-state index in [1.807, 2.05) is 6.92 Å². The normalized spacial score (nSPS) is 12.0. The Bertz CT molecular complexity index is 687. The molecule has 1 atom stereocenters. The molecule has 2 rings (SSSR count). The highest BCUT2D eigenvalue weighted by atomic mass is 16.3. The van der Waals surface area contributed by atoms with Gasteiger partial charge in [-0.2, -0.15) is 4.98 Å². The molecule has 0 radical (unpaired) electrons. The van der Waals surface area contributed by atoms with Crippen molar-refractivity contribution in [1.29, 1.82) is 0 Å². The second kappa shape index (κ2) is 7.68. The highest BCUT2D eigenvalue weighted by molar-refractivity contribution is 5.88. The summed E-state index contributed by atoms with van der Waals surface area (Å²) in [6, 6.07) is 0. The van der Waals surface area contributed by atoms with Gasteiger partial charge in [0.1, 0.15) is 11.0 Å². The van der Waals surface area contributed by atoms with Gasteiger partial charge in [-0.15, -0.1) is 6.58 Å². The molecule has 0 amide bonds. The van der Waals surface area contributed by atoms with E-state index in [0.717, 1.165) is 5.69 Å². The topological polar surface area (TPSA) is 108 Å². The molecule has 0 aromatic carbocycles. The molecule has 0 aliphatic rings. The molecule has 0 fully saturated rings. The number of hydrogen-bond donors (Lipinski definition) is 4. The van der Waals surface area contributed by atoms with E-state index < -0.39 is 6.10 Å². The molecule has 0 aliphatic carbocycles. The van der Waals surface area contributed by atoms with E-state index in [-0.39, 0.29) is 0 Å². The summed E-state index contributed by atoms with van der Waals surface area (Å²) < 4.78 is 0. The number of aliphatic hydroxyl groups is 1. The third-order valence-corrected chi connectivity index (χ3v) is 3.15. The zero-order valence-electron chi connectivity index (χ0n) is 13.7. The van der Waals surface area contributed by atoms with Crippen molar-refractivity contribution in [2.75, 3.05) is 36.1 Å². The molecule has 8 heteroatoms. The van der Waals surface area contributed by atoms with Crippen LogP contribution in [0.5, 0.6) is 0 Å². The molecule has 0 saturated carbocycles. The Morgan fingerprint density at radius 2 is 1.83 bits per heavy atom. The number of hydrogen-bond acceptors (Lipinski definition) is 8. The minimum absolute atomic E-state index is 0.378. The molecule has 0 bridgehead atoms. The monoisotopic (exact) mass is 317 g/mol.